The number of ether oxygens (including phenoxy) is 1. The van der Waals surface area contributed by atoms with Gasteiger partial charge in [0.1, 0.15) is 12.0 Å². The van der Waals surface area contributed by atoms with Gasteiger partial charge in [-0.2, -0.15) is 0 Å². The molecule has 4 aromatic carbocycles. The summed E-state index contributed by atoms with van der Waals surface area (Å²) in [6.45, 7) is 3.08. The van der Waals surface area contributed by atoms with E-state index in [1.165, 1.54) is 27.9 Å². The third kappa shape index (κ3) is 2.96. The Hall–Kier alpha value is -4.15. The second-order valence-corrected chi connectivity index (χ2v) is 10.1. The average molecular weight is 485 g/mol. The van der Waals surface area contributed by atoms with Gasteiger partial charge in [-0.1, -0.05) is 91.0 Å². The van der Waals surface area contributed by atoms with E-state index in [4.69, 9.17) is 4.74 Å². The van der Waals surface area contributed by atoms with Crippen LogP contribution in [0.4, 0.5) is 0 Å². The number of benzene rings is 4. The van der Waals surface area contributed by atoms with Crippen LogP contribution >= 0.6 is 0 Å². The Morgan fingerprint density at radius 1 is 0.838 bits per heavy atom. The van der Waals surface area contributed by atoms with Crippen molar-refractivity contribution in [1.29, 1.82) is 0 Å². The summed E-state index contributed by atoms with van der Waals surface area (Å²) in [7, 11) is 1.68. The van der Waals surface area contributed by atoms with E-state index in [0.717, 1.165) is 29.5 Å². The molecule has 4 heteroatoms. The van der Waals surface area contributed by atoms with Crippen LogP contribution in [0, 0.1) is 6.92 Å². The Bertz CT molecular complexity index is 1530. The first-order valence-corrected chi connectivity index (χ1v) is 12.8. The van der Waals surface area contributed by atoms with E-state index in [9.17, 15) is 4.79 Å². The van der Waals surface area contributed by atoms with E-state index in [0.29, 0.717) is 11.6 Å². The maximum atomic E-state index is 11.7. The minimum atomic E-state index is -0.425. The molecule has 1 saturated heterocycles. The van der Waals surface area contributed by atoms with Crippen LogP contribution in [0.3, 0.4) is 0 Å². The van der Waals surface area contributed by atoms with Gasteiger partial charge in [-0.25, -0.2) is 0 Å². The van der Waals surface area contributed by atoms with Gasteiger partial charge < -0.3 is 9.30 Å². The fraction of sp³-hybridized carbons (Fsp3) is 0.182. The minimum Gasteiger partial charge on any atom is -0.496 e. The maximum Gasteiger partial charge on any atom is 0.150 e. The summed E-state index contributed by atoms with van der Waals surface area (Å²) in [5.74, 6) is 0.767. The molecule has 0 radical (unpaired) electrons. The number of carbonyl (C=O) groups is 1. The van der Waals surface area contributed by atoms with Crippen LogP contribution in [0.1, 0.15) is 44.3 Å². The molecule has 3 heterocycles. The smallest absolute Gasteiger partial charge is 0.150 e. The number of hydrogen-bond donors (Lipinski definition) is 0. The Morgan fingerprint density at radius 3 is 1.86 bits per heavy atom. The van der Waals surface area contributed by atoms with Crippen molar-refractivity contribution >= 4 is 17.2 Å². The van der Waals surface area contributed by atoms with Gasteiger partial charge in [0.25, 0.3) is 0 Å². The van der Waals surface area contributed by atoms with Crippen molar-refractivity contribution < 1.29 is 9.53 Å². The molecule has 0 spiro atoms. The molecule has 1 fully saturated rings. The average Bonchev–Trinajstić information content (AvgIpc) is 3.39. The van der Waals surface area contributed by atoms with Crippen LogP contribution < -0.4 is 4.74 Å². The zero-order chi connectivity index (χ0) is 25.1. The second-order valence-electron chi connectivity index (χ2n) is 10.1. The predicted octanol–water partition coefficient (Wildman–Crippen LogP) is 6.50. The van der Waals surface area contributed by atoms with Crippen molar-refractivity contribution in [1.82, 2.24) is 9.47 Å². The lowest BCUT2D eigenvalue weighted by molar-refractivity contribution is 0.112. The Balaban J connectivity index is 1.48. The van der Waals surface area contributed by atoms with Crippen LogP contribution in [0.15, 0.2) is 103 Å². The molecular formula is C33H28N2O2. The summed E-state index contributed by atoms with van der Waals surface area (Å²) in [6.07, 6.45) is 0.907. The summed E-state index contributed by atoms with van der Waals surface area (Å²) in [6, 6.07) is 37.2. The molecule has 0 amide bonds. The van der Waals surface area contributed by atoms with Crippen LogP contribution in [0.5, 0.6) is 5.75 Å². The number of aryl methyl sites for hydroxylation is 1. The Morgan fingerprint density at radius 2 is 1.38 bits per heavy atom. The third-order valence-corrected chi connectivity index (χ3v) is 8.34. The fourth-order valence-corrected chi connectivity index (χ4v) is 6.89. The van der Waals surface area contributed by atoms with Crippen molar-refractivity contribution in [3.8, 4) is 5.75 Å². The molecule has 5 aromatic rings. The topological polar surface area (TPSA) is 34.2 Å². The highest BCUT2D eigenvalue weighted by Gasteiger charge is 2.65. The molecule has 3 atom stereocenters. The Labute approximate surface area is 216 Å². The standard InChI is InChI=1S/C33H28N2O2/c1-22-30-27(18-23(21-36)19-29(30)37-2)34-20-28-32(31(22)34)35(28)33(24-12-6-3-7-13-24,25-14-8-4-9-15-25)26-16-10-5-11-17-26/h3-19,21,28,32H,20H2,1-2H3/t28-,32-,35?/m0/s1. The number of hydrogen-bond acceptors (Lipinski definition) is 3. The maximum absolute atomic E-state index is 11.7. The lowest BCUT2D eigenvalue weighted by Gasteiger charge is -2.39. The molecule has 0 N–H and O–H groups in total. The zero-order valence-corrected chi connectivity index (χ0v) is 21.0. The summed E-state index contributed by atoms with van der Waals surface area (Å²) >= 11 is 0. The molecule has 0 aliphatic carbocycles. The quantitative estimate of drug-likeness (QED) is 0.157. The molecule has 2 aliphatic rings. The van der Waals surface area contributed by atoms with Crippen LogP contribution in [-0.2, 0) is 12.1 Å². The number of methoxy groups -OCH3 is 1. The molecule has 2 aliphatic heterocycles. The fourth-order valence-electron chi connectivity index (χ4n) is 6.89. The lowest BCUT2D eigenvalue weighted by atomic mass is 9.76. The highest BCUT2D eigenvalue weighted by molar-refractivity contribution is 5.96. The summed E-state index contributed by atoms with van der Waals surface area (Å²) in [5.41, 5.74) is 7.68. The summed E-state index contributed by atoms with van der Waals surface area (Å²) < 4.78 is 8.17. The molecule has 1 aromatic heterocycles. The van der Waals surface area contributed by atoms with Crippen molar-refractivity contribution in [2.24, 2.45) is 0 Å². The van der Waals surface area contributed by atoms with Crippen LogP contribution in [0.25, 0.3) is 10.9 Å². The van der Waals surface area contributed by atoms with Crippen molar-refractivity contribution in [3.63, 3.8) is 0 Å². The number of fused-ring (bicyclic) bond motifs is 5. The normalized spacial score (nSPS) is 19.9. The number of aromatic nitrogens is 1. The molecule has 182 valence electrons. The highest BCUT2D eigenvalue weighted by atomic mass is 16.5. The van der Waals surface area contributed by atoms with Gasteiger partial charge in [-0.3, -0.25) is 9.69 Å². The van der Waals surface area contributed by atoms with E-state index >= 15 is 0 Å². The van der Waals surface area contributed by atoms with Gasteiger partial charge >= 0.3 is 0 Å². The molecular weight excluding hydrogens is 456 g/mol. The first kappa shape index (κ1) is 22.1. The number of aldehydes is 1. The van der Waals surface area contributed by atoms with Gasteiger partial charge in [-0.15, -0.1) is 0 Å². The van der Waals surface area contributed by atoms with Gasteiger partial charge in [0, 0.05) is 23.2 Å². The molecule has 0 saturated carbocycles. The van der Waals surface area contributed by atoms with E-state index in [1.807, 2.05) is 12.1 Å². The molecule has 1 unspecified atom stereocenters. The van der Waals surface area contributed by atoms with Gasteiger partial charge in [0.15, 0.2) is 0 Å². The van der Waals surface area contributed by atoms with E-state index < -0.39 is 5.54 Å². The molecule has 0 bridgehead atoms. The number of rotatable bonds is 6. The minimum absolute atomic E-state index is 0.261. The SMILES string of the molecule is COc1cc(C=O)cc2c1c(C)c1n2C[C@H]2[C@@H]1N2C(c1ccccc1)(c1ccccc1)c1ccccc1. The lowest BCUT2D eigenvalue weighted by Crippen LogP contribution is -2.40. The largest absolute Gasteiger partial charge is 0.496 e. The van der Waals surface area contributed by atoms with Crippen molar-refractivity contribution in [2.45, 2.75) is 31.1 Å². The van der Waals surface area contributed by atoms with Gasteiger partial charge in [0.05, 0.1) is 30.2 Å². The monoisotopic (exact) mass is 484 g/mol. The second kappa shape index (κ2) is 8.19. The summed E-state index contributed by atoms with van der Waals surface area (Å²) in [5, 5.41) is 1.11. The predicted molar refractivity (Wildman–Crippen MR) is 146 cm³/mol. The first-order chi connectivity index (χ1) is 18.2. The van der Waals surface area contributed by atoms with E-state index in [2.05, 4.69) is 107 Å². The molecule has 37 heavy (non-hydrogen) atoms. The van der Waals surface area contributed by atoms with Crippen LogP contribution in [-0.4, -0.2) is 28.9 Å². The van der Waals surface area contributed by atoms with Gasteiger partial charge in [-0.05, 0) is 41.3 Å². The first-order valence-electron chi connectivity index (χ1n) is 12.8. The number of carbonyl (C=O) groups excluding carboxylic acids is 1. The third-order valence-electron chi connectivity index (χ3n) is 8.34. The molecule has 7 rings (SSSR count). The summed E-state index contributed by atoms with van der Waals surface area (Å²) in [4.78, 5) is 14.4. The van der Waals surface area contributed by atoms with Crippen molar-refractivity contribution in [3.05, 3.63) is 137 Å². The van der Waals surface area contributed by atoms with E-state index in [1.54, 1.807) is 7.11 Å². The Kier molecular flexibility index (Phi) is 4.89. The number of nitrogens with zero attached hydrogens (tertiary/aromatic N) is 2. The highest BCUT2D eigenvalue weighted by Crippen LogP contribution is 2.62. The molecule has 4 nitrogen and oxygen atoms in total. The van der Waals surface area contributed by atoms with Crippen molar-refractivity contribution in [2.75, 3.05) is 7.11 Å². The van der Waals surface area contributed by atoms with Gasteiger partial charge in [0.2, 0.25) is 0 Å². The zero-order valence-electron chi connectivity index (χ0n) is 21.0. The van der Waals surface area contributed by atoms with E-state index in [-0.39, 0.29) is 6.04 Å². The van der Waals surface area contributed by atoms with Crippen LogP contribution in [0.2, 0.25) is 0 Å².